The monoisotopic (exact) mass is 247 g/mol. The van der Waals surface area contributed by atoms with Crippen molar-refractivity contribution in [2.45, 2.75) is 26.8 Å². The Kier molecular flexibility index (Phi) is 4.10. The van der Waals surface area contributed by atoms with Crippen molar-refractivity contribution < 1.29 is 4.39 Å². The average Bonchev–Trinajstić information content (AvgIpc) is 2.76. The van der Waals surface area contributed by atoms with Crippen LogP contribution in [0.4, 0.5) is 4.39 Å². The smallest absolute Gasteiger partial charge is 0.125 e. The molecular weight excluding hydrogens is 229 g/mol. The van der Waals surface area contributed by atoms with Crippen LogP contribution in [0, 0.1) is 12.7 Å². The van der Waals surface area contributed by atoms with Gasteiger partial charge in [0.05, 0.1) is 11.4 Å². The van der Waals surface area contributed by atoms with Crippen molar-refractivity contribution in [3.63, 3.8) is 0 Å². The van der Waals surface area contributed by atoms with E-state index in [1.54, 1.807) is 10.7 Å². The highest BCUT2D eigenvalue weighted by atomic mass is 19.1. The molecule has 4 heteroatoms. The second-order valence-corrected chi connectivity index (χ2v) is 4.40. The van der Waals surface area contributed by atoms with Gasteiger partial charge in [-0.15, -0.1) is 0 Å². The fourth-order valence-electron chi connectivity index (χ4n) is 1.84. The lowest BCUT2D eigenvalue weighted by Crippen LogP contribution is -2.14. The fourth-order valence-corrected chi connectivity index (χ4v) is 1.84. The number of hydrogen-bond acceptors (Lipinski definition) is 2. The Balaban J connectivity index is 2.21. The number of aromatic nitrogens is 2. The van der Waals surface area contributed by atoms with Crippen LogP contribution in [0.25, 0.3) is 5.69 Å². The minimum absolute atomic E-state index is 0.228. The van der Waals surface area contributed by atoms with Crippen molar-refractivity contribution in [2.75, 3.05) is 6.54 Å². The normalized spacial score (nSPS) is 10.8. The van der Waals surface area contributed by atoms with Crippen LogP contribution in [0.5, 0.6) is 0 Å². The summed E-state index contributed by atoms with van der Waals surface area (Å²) in [5, 5.41) is 7.56. The molecule has 18 heavy (non-hydrogen) atoms. The van der Waals surface area contributed by atoms with E-state index in [9.17, 15) is 4.39 Å². The molecule has 2 aromatic rings. The van der Waals surface area contributed by atoms with Gasteiger partial charge in [0, 0.05) is 12.7 Å². The fraction of sp³-hybridized carbons (Fsp3) is 0.357. The van der Waals surface area contributed by atoms with Gasteiger partial charge in [-0.2, -0.15) is 5.10 Å². The van der Waals surface area contributed by atoms with Gasteiger partial charge in [0.1, 0.15) is 5.82 Å². The molecule has 0 radical (unpaired) electrons. The average molecular weight is 247 g/mol. The van der Waals surface area contributed by atoms with Crippen LogP contribution < -0.4 is 5.32 Å². The van der Waals surface area contributed by atoms with Gasteiger partial charge in [-0.1, -0.05) is 6.92 Å². The molecule has 1 heterocycles. The van der Waals surface area contributed by atoms with Gasteiger partial charge in [-0.25, -0.2) is 9.07 Å². The van der Waals surface area contributed by atoms with E-state index in [-0.39, 0.29) is 5.82 Å². The van der Waals surface area contributed by atoms with E-state index < -0.39 is 0 Å². The molecule has 96 valence electrons. The van der Waals surface area contributed by atoms with E-state index in [1.807, 2.05) is 25.3 Å². The summed E-state index contributed by atoms with van der Waals surface area (Å²) in [4.78, 5) is 0. The Morgan fingerprint density at radius 3 is 2.83 bits per heavy atom. The van der Waals surface area contributed by atoms with Crippen molar-refractivity contribution in [1.82, 2.24) is 15.1 Å². The maximum atomic E-state index is 13.6. The van der Waals surface area contributed by atoms with E-state index >= 15 is 0 Å². The van der Waals surface area contributed by atoms with Crippen molar-refractivity contribution in [1.29, 1.82) is 0 Å². The maximum Gasteiger partial charge on any atom is 0.125 e. The zero-order valence-electron chi connectivity index (χ0n) is 10.8. The van der Waals surface area contributed by atoms with E-state index in [0.717, 1.165) is 29.9 Å². The van der Waals surface area contributed by atoms with Gasteiger partial charge in [-0.05, 0) is 49.7 Å². The molecule has 2 rings (SSSR count). The third kappa shape index (κ3) is 3.17. The largest absolute Gasteiger partial charge is 0.313 e. The number of rotatable bonds is 5. The molecule has 0 saturated carbocycles. The Morgan fingerprint density at radius 1 is 1.33 bits per heavy atom. The van der Waals surface area contributed by atoms with E-state index in [0.29, 0.717) is 6.54 Å². The molecular formula is C14H18FN3. The molecule has 3 nitrogen and oxygen atoms in total. The highest BCUT2D eigenvalue weighted by Crippen LogP contribution is 2.13. The van der Waals surface area contributed by atoms with Crippen LogP contribution in [0.15, 0.2) is 30.5 Å². The van der Waals surface area contributed by atoms with Crippen LogP contribution in [-0.2, 0) is 6.54 Å². The lowest BCUT2D eigenvalue weighted by molar-refractivity contribution is 0.616. The lowest BCUT2D eigenvalue weighted by Gasteiger charge is -2.07. The van der Waals surface area contributed by atoms with Gasteiger partial charge in [0.25, 0.3) is 0 Å². The number of aryl methyl sites for hydroxylation is 1. The highest BCUT2D eigenvalue weighted by Gasteiger charge is 2.03. The first-order chi connectivity index (χ1) is 8.69. The van der Waals surface area contributed by atoms with Gasteiger partial charge < -0.3 is 5.32 Å². The van der Waals surface area contributed by atoms with Crippen molar-refractivity contribution >= 4 is 0 Å². The van der Waals surface area contributed by atoms with Crippen molar-refractivity contribution in [2.24, 2.45) is 0 Å². The number of halogens is 1. The van der Waals surface area contributed by atoms with E-state index in [1.165, 1.54) is 6.07 Å². The minimum atomic E-state index is -0.228. The molecule has 1 N–H and O–H groups in total. The molecule has 1 aromatic heterocycles. The predicted molar refractivity (Wildman–Crippen MR) is 70.3 cm³/mol. The number of benzene rings is 1. The summed E-state index contributed by atoms with van der Waals surface area (Å²) >= 11 is 0. The van der Waals surface area contributed by atoms with Gasteiger partial charge in [0.2, 0.25) is 0 Å². The number of hydrogen-bond donors (Lipinski definition) is 1. The third-order valence-corrected chi connectivity index (χ3v) is 2.69. The first kappa shape index (κ1) is 12.8. The summed E-state index contributed by atoms with van der Waals surface area (Å²) in [6, 6.07) is 6.91. The lowest BCUT2D eigenvalue weighted by atomic mass is 10.2. The molecule has 0 fully saturated rings. The van der Waals surface area contributed by atoms with Crippen LogP contribution in [0.3, 0.4) is 0 Å². The Morgan fingerprint density at radius 2 is 2.17 bits per heavy atom. The molecule has 0 amide bonds. The summed E-state index contributed by atoms with van der Waals surface area (Å²) in [6.07, 6.45) is 2.91. The molecule has 0 spiro atoms. The zero-order valence-corrected chi connectivity index (χ0v) is 10.8. The Hall–Kier alpha value is -1.68. The number of nitrogens with zero attached hydrogens (tertiary/aromatic N) is 2. The predicted octanol–water partition coefficient (Wildman–Crippen LogP) is 2.82. The highest BCUT2D eigenvalue weighted by molar-refractivity contribution is 5.36. The molecule has 0 unspecified atom stereocenters. The maximum absolute atomic E-state index is 13.6. The molecule has 0 aliphatic rings. The zero-order chi connectivity index (χ0) is 13.0. The quantitative estimate of drug-likeness (QED) is 0.823. The Labute approximate surface area is 107 Å². The Bertz CT molecular complexity index is 520. The van der Waals surface area contributed by atoms with Crippen molar-refractivity contribution in [3.05, 3.63) is 47.5 Å². The summed E-state index contributed by atoms with van der Waals surface area (Å²) in [7, 11) is 0. The number of nitrogens with one attached hydrogen (secondary N) is 1. The molecule has 0 saturated heterocycles. The van der Waals surface area contributed by atoms with Gasteiger partial charge >= 0.3 is 0 Å². The summed E-state index contributed by atoms with van der Waals surface area (Å²) in [6.45, 7) is 5.64. The van der Waals surface area contributed by atoms with Crippen molar-refractivity contribution in [3.8, 4) is 5.69 Å². The van der Waals surface area contributed by atoms with Crippen LogP contribution >= 0.6 is 0 Å². The van der Waals surface area contributed by atoms with E-state index in [4.69, 9.17) is 0 Å². The van der Waals surface area contributed by atoms with Gasteiger partial charge in [0.15, 0.2) is 0 Å². The minimum Gasteiger partial charge on any atom is -0.313 e. The standard InChI is InChI=1S/C14H18FN3/c1-3-5-16-10-12-7-13(15)9-14(8-12)18-6-4-11(2)17-18/h4,6-9,16H,3,5,10H2,1-2H3. The molecule has 1 aromatic carbocycles. The van der Waals surface area contributed by atoms with Crippen LogP contribution in [0.2, 0.25) is 0 Å². The molecule has 0 aliphatic heterocycles. The van der Waals surface area contributed by atoms with E-state index in [2.05, 4.69) is 17.3 Å². The molecule has 0 bridgehead atoms. The summed E-state index contributed by atoms with van der Waals surface area (Å²) in [5.41, 5.74) is 2.62. The summed E-state index contributed by atoms with van der Waals surface area (Å²) < 4.78 is 15.3. The summed E-state index contributed by atoms with van der Waals surface area (Å²) in [5.74, 6) is -0.228. The molecule has 0 aliphatic carbocycles. The second kappa shape index (κ2) is 5.78. The topological polar surface area (TPSA) is 29.9 Å². The van der Waals surface area contributed by atoms with Crippen LogP contribution in [-0.4, -0.2) is 16.3 Å². The third-order valence-electron chi connectivity index (χ3n) is 2.69. The first-order valence-electron chi connectivity index (χ1n) is 6.22. The van der Waals surface area contributed by atoms with Gasteiger partial charge in [-0.3, -0.25) is 0 Å². The van der Waals surface area contributed by atoms with Crippen LogP contribution in [0.1, 0.15) is 24.6 Å². The first-order valence-corrected chi connectivity index (χ1v) is 6.22. The molecule has 0 atom stereocenters. The second-order valence-electron chi connectivity index (χ2n) is 4.40. The SMILES string of the molecule is CCCNCc1cc(F)cc(-n2ccc(C)n2)c1.